The van der Waals surface area contributed by atoms with Crippen LogP contribution in [0.5, 0.6) is 0 Å². The molecular formula is C18H18ClN5O4. The van der Waals surface area contributed by atoms with Crippen LogP contribution in [0.3, 0.4) is 0 Å². The fourth-order valence-corrected chi connectivity index (χ4v) is 2.45. The monoisotopic (exact) mass is 403 g/mol. The number of amides is 2. The van der Waals surface area contributed by atoms with E-state index in [1.165, 1.54) is 6.07 Å². The first-order valence-corrected chi connectivity index (χ1v) is 8.48. The number of aryl methyl sites for hydroxylation is 1. The van der Waals surface area contributed by atoms with Gasteiger partial charge in [0, 0.05) is 34.2 Å². The van der Waals surface area contributed by atoms with Gasteiger partial charge < -0.3 is 11.1 Å². The van der Waals surface area contributed by atoms with E-state index in [2.05, 4.69) is 15.8 Å². The molecule has 0 fully saturated rings. The van der Waals surface area contributed by atoms with Gasteiger partial charge in [0.1, 0.15) is 0 Å². The molecule has 0 unspecified atom stereocenters. The number of hydrazone groups is 1. The van der Waals surface area contributed by atoms with Crippen LogP contribution in [-0.2, 0) is 4.79 Å². The highest BCUT2D eigenvalue weighted by Crippen LogP contribution is 2.20. The second kappa shape index (κ2) is 8.96. The maximum Gasteiger partial charge on any atom is 0.272 e. The van der Waals surface area contributed by atoms with Gasteiger partial charge in [0.2, 0.25) is 5.91 Å². The molecule has 2 aromatic rings. The summed E-state index contributed by atoms with van der Waals surface area (Å²) in [6.45, 7) is 3.39. The van der Waals surface area contributed by atoms with Crippen LogP contribution in [0.15, 0.2) is 41.5 Å². The van der Waals surface area contributed by atoms with Gasteiger partial charge in [-0.1, -0.05) is 17.7 Å². The van der Waals surface area contributed by atoms with Crippen LogP contribution in [0.25, 0.3) is 0 Å². The summed E-state index contributed by atoms with van der Waals surface area (Å²) < 4.78 is 0. The second-order valence-corrected chi connectivity index (χ2v) is 6.48. The normalized spacial score (nSPS) is 11.0. The average Bonchev–Trinajstić information content (AvgIpc) is 2.62. The fourth-order valence-electron chi connectivity index (χ4n) is 2.28. The number of hydrogen-bond donors (Lipinski definition) is 3. The minimum Gasteiger partial charge on any atom is -0.399 e. The van der Waals surface area contributed by atoms with Crippen molar-refractivity contribution in [3.63, 3.8) is 0 Å². The van der Waals surface area contributed by atoms with E-state index >= 15 is 0 Å². The molecule has 2 rings (SSSR count). The van der Waals surface area contributed by atoms with E-state index < -0.39 is 10.8 Å². The minimum atomic E-state index is -0.680. The highest BCUT2D eigenvalue weighted by molar-refractivity contribution is 6.31. The van der Waals surface area contributed by atoms with Crippen molar-refractivity contribution in [1.82, 2.24) is 5.43 Å². The molecule has 0 spiro atoms. The standard InChI is InChI=1S/C18H18ClN5O4/c1-10-3-4-13(19)8-16(10)21-17(25)5-11(2)22-23-18(26)12-6-14(20)9-15(7-12)24(27)28/h3-4,6-9H,5,20H2,1-2H3,(H,21,25)(H,23,26)/b22-11-. The SMILES string of the molecule is C/C(CC(=O)Nc1cc(Cl)ccc1C)=N/NC(=O)c1cc(N)cc([N+](=O)[O-])c1. The van der Waals surface area contributed by atoms with Crippen LogP contribution in [0.1, 0.15) is 29.3 Å². The molecule has 4 N–H and O–H groups in total. The Kier molecular flexibility index (Phi) is 6.67. The molecule has 0 bridgehead atoms. The molecule has 0 saturated carbocycles. The van der Waals surface area contributed by atoms with E-state index in [0.717, 1.165) is 17.7 Å². The van der Waals surface area contributed by atoms with Gasteiger partial charge in [-0.05, 0) is 37.6 Å². The van der Waals surface area contributed by atoms with Crippen molar-refractivity contribution in [1.29, 1.82) is 0 Å². The third kappa shape index (κ3) is 5.78. The quantitative estimate of drug-likeness (QED) is 0.294. The van der Waals surface area contributed by atoms with Crippen LogP contribution in [0.4, 0.5) is 17.1 Å². The molecule has 146 valence electrons. The maximum absolute atomic E-state index is 12.1. The zero-order chi connectivity index (χ0) is 20.8. The number of nitrogens with zero attached hydrogens (tertiary/aromatic N) is 2. The van der Waals surface area contributed by atoms with Crippen molar-refractivity contribution < 1.29 is 14.5 Å². The first kappa shape index (κ1) is 20.8. The van der Waals surface area contributed by atoms with Crippen LogP contribution < -0.4 is 16.5 Å². The second-order valence-electron chi connectivity index (χ2n) is 6.04. The molecule has 0 heterocycles. The Balaban J connectivity index is 2.00. The first-order valence-electron chi connectivity index (χ1n) is 8.10. The Hall–Kier alpha value is -3.46. The molecule has 0 saturated heterocycles. The van der Waals surface area contributed by atoms with Gasteiger partial charge >= 0.3 is 0 Å². The Labute approximate surface area is 165 Å². The summed E-state index contributed by atoms with van der Waals surface area (Å²) >= 11 is 5.92. The Morgan fingerprint density at radius 1 is 1.25 bits per heavy atom. The van der Waals surface area contributed by atoms with Gasteiger partial charge in [-0.2, -0.15) is 5.10 Å². The Morgan fingerprint density at radius 3 is 2.64 bits per heavy atom. The number of nitrogen functional groups attached to an aromatic ring is 1. The lowest BCUT2D eigenvalue weighted by Gasteiger charge is -2.09. The highest BCUT2D eigenvalue weighted by Gasteiger charge is 2.14. The molecule has 2 amide bonds. The van der Waals surface area contributed by atoms with E-state index in [9.17, 15) is 19.7 Å². The predicted octanol–water partition coefficient (Wildman–Crippen LogP) is 3.27. The maximum atomic E-state index is 12.1. The summed E-state index contributed by atoms with van der Waals surface area (Å²) in [5.74, 6) is -1.01. The summed E-state index contributed by atoms with van der Waals surface area (Å²) in [6.07, 6.45) is -0.0662. The predicted molar refractivity (Wildman–Crippen MR) is 108 cm³/mol. The van der Waals surface area contributed by atoms with Gasteiger partial charge in [-0.3, -0.25) is 19.7 Å². The summed E-state index contributed by atoms with van der Waals surface area (Å²) in [4.78, 5) is 34.4. The molecule has 9 nitrogen and oxygen atoms in total. The molecule has 0 aliphatic rings. The summed E-state index contributed by atoms with van der Waals surface area (Å²) in [7, 11) is 0. The third-order valence-corrected chi connectivity index (χ3v) is 3.89. The summed E-state index contributed by atoms with van der Waals surface area (Å²) in [5, 5.41) is 17.9. The Bertz CT molecular complexity index is 974. The van der Waals surface area contributed by atoms with Crippen LogP contribution >= 0.6 is 11.6 Å². The number of halogens is 1. The number of carbonyl (C=O) groups is 2. The minimum absolute atomic E-state index is 0.0118. The van der Waals surface area contributed by atoms with Crippen molar-refractivity contribution in [2.75, 3.05) is 11.1 Å². The molecule has 10 heteroatoms. The molecule has 2 aromatic carbocycles. The molecule has 0 aliphatic carbocycles. The van der Waals surface area contributed by atoms with Crippen LogP contribution in [0.2, 0.25) is 5.02 Å². The van der Waals surface area contributed by atoms with Crippen LogP contribution in [-0.4, -0.2) is 22.4 Å². The van der Waals surface area contributed by atoms with E-state index in [-0.39, 0.29) is 29.3 Å². The van der Waals surface area contributed by atoms with Crippen molar-refractivity contribution >= 4 is 46.2 Å². The molecule has 0 aliphatic heterocycles. The number of rotatable bonds is 6. The third-order valence-electron chi connectivity index (χ3n) is 3.65. The lowest BCUT2D eigenvalue weighted by molar-refractivity contribution is -0.384. The van der Waals surface area contributed by atoms with Crippen molar-refractivity contribution in [2.45, 2.75) is 20.3 Å². The lowest BCUT2D eigenvalue weighted by Crippen LogP contribution is -2.22. The zero-order valence-corrected chi connectivity index (χ0v) is 15.9. The van der Waals surface area contributed by atoms with Gasteiger partial charge in [-0.15, -0.1) is 0 Å². The van der Waals surface area contributed by atoms with Gasteiger partial charge in [0.15, 0.2) is 0 Å². The first-order chi connectivity index (χ1) is 13.2. The number of nitrogens with two attached hydrogens (primary N) is 1. The van der Waals surface area contributed by atoms with Crippen LogP contribution in [0, 0.1) is 17.0 Å². The van der Waals surface area contributed by atoms with Crippen molar-refractivity contribution in [2.24, 2.45) is 5.10 Å². The number of nitrogens with one attached hydrogen (secondary N) is 2. The molecule has 0 radical (unpaired) electrons. The highest BCUT2D eigenvalue weighted by atomic mass is 35.5. The molecular weight excluding hydrogens is 386 g/mol. The number of carbonyl (C=O) groups excluding carboxylic acids is 2. The fraction of sp³-hybridized carbons (Fsp3) is 0.167. The van der Waals surface area contributed by atoms with Gasteiger partial charge in [-0.25, -0.2) is 5.43 Å². The van der Waals surface area contributed by atoms with Gasteiger partial charge in [0.05, 0.1) is 16.9 Å². The number of anilines is 2. The zero-order valence-electron chi connectivity index (χ0n) is 15.2. The van der Waals surface area contributed by atoms with E-state index in [0.29, 0.717) is 16.4 Å². The smallest absolute Gasteiger partial charge is 0.272 e. The number of hydrogen-bond acceptors (Lipinski definition) is 6. The molecule has 0 atom stereocenters. The topological polar surface area (TPSA) is 140 Å². The number of nitro benzene ring substituents is 1. The summed E-state index contributed by atoms with van der Waals surface area (Å²) in [5.41, 5.74) is 9.36. The van der Waals surface area contributed by atoms with E-state index in [4.69, 9.17) is 17.3 Å². The average molecular weight is 404 g/mol. The van der Waals surface area contributed by atoms with E-state index in [1.54, 1.807) is 25.1 Å². The molecule has 0 aromatic heterocycles. The summed E-state index contributed by atoms with van der Waals surface area (Å²) in [6, 6.07) is 8.66. The van der Waals surface area contributed by atoms with Crippen molar-refractivity contribution in [3.05, 3.63) is 62.7 Å². The van der Waals surface area contributed by atoms with E-state index in [1.807, 2.05) is 6.92 Å². The van der Waals surface area contributed by atoms with Gasteiger partial charge in [0.25, 0.3) is 11.6 Å². The Morgan fingerprint density at radius 2 is 1.96 bits per heavy atom. The number of non-ortho nitro benzene ring substituents is 1. The van der Waals surface area contributed by atoms with Crippen molar-refractivity contribution in [3.8, 4) is 0 Å². The number of benzene rings is 2. The number of nitro groups is 1. The lowest BCUT2D eigenvalue weighted by atomic mass is 10.1. The largest absolute Gasteiger partial charge is 0.399 e. The molecule has 28 heavy (non-hydrogen) atoms.